The monoisotopic (exact) mass is 393 g/mol. The van der Waals surface area contributed by atoms with Crippen LogP contribution in [0.15, 0.2) is 18.2 Å². The van der Waals surface area contributed by atoms with Crippen LogP contribution in [0.3, 0.4) is 0 Å². The van der Waals surface area contributed by atoms with Gasteiger partial charge in [-0.25, -0.2) is 0 Å². The van der Waals surface area contributed by atoms with Crippen LogP contribution >= 0.6 is 35.6 Å². The lowest BCUT2D eigenvalue weighted by molar-refractivity contribution is -0.119. The van der Waals surface area contributed by atoms with Crippen molar-refractivity contribution in [3.63, 3.8) is 0 Å². The summed E-state index contributed by atoms with van der Waals surface area (Å²) in [6.45, 7) is 9.11. The highest BCUT2D eigenvalue weighted by Gasteiger charge is 2.30. The molecule has 1 fully saturated rings. The van der Waals surface area contributed by atoms with Crippen LogP contribution in [0.2, 0.25) is 10.0 Å². The van der Waals surface area contributed by atoms with E-state index in [0.717, 1.165) is 44.7 Å². The van der Waals surface area contributed by atoms with Crippen molar-refractivity contribution in [2.75, 3.05) is 32.7 Å². The quantitative estimate of drug-likeness (QED) is 0.745. The first-order chi connectivity index (χ1) is 10.9. The molecule has 2 N–H and O–H groups in total. The molecule has 0 aliphatic carbocycles. The van der Waals surface area contributed by atoms with E-state index in [1.807, 2.05) is 12.1 Å². The Labute approximate surface area is 160 Å². The van der Waals surface area contributed by atoms with Gasteiger partial charge in [0.2, 0.25) is 5.91 Å². The van der Waals surface area contributed by atoms with Crippen molar-refractivity contribution in [3.05, 3.63) is 33.8 Å². The van der Waals surface area contributed by atoms with Crippen LogP contribution in [0.25, 0.3) is 0 Å². The third-order valence-corrected chi connectivity index (χ3v) is 4.86. The van der Waals surface area contributed by atoms with E-state index in [-0.39, 0.29) is 23.7 Å². The first-order valence-electron chi connectivity index (χ1n) is 7.99. The zero-order valence-electron chi connectivity index (χ0n) is 14.2. The maximum Gasteiger partial charge on any atom is 0.216 e. The molecule has 0 aromatic heterocycles. The van der Waals surface area contributed by atoms with Crippen LogP contribution in [0, 0.1) is 5.41 Å². The van der Waals surface area contributed by atoms with Gasteiger partial charge in [0.05, 0.1) is 0 Å². The molecule has 1 aliphatic heterocycles. The molecule has 0 spiro atoms. The van der Waals surface area contributed by atoms with Crippen LogP contribution < -0.4 is 10.6 Å². The summed E-state index contributed by atoms with van der Waals surface area (Å²) in [5, 5.41) is 7.65. The van der Waals surface area contributed by atoms with E-state index in [9.17, 15) is 4.79 Å². The standard InChI is InChI=1S/C17H25Cl2N3O.ClH/c1-13(23)21-7-8-22(12-17(2)5-6-20-11-17)10-14-3-4-15(18)9-16(14)19;/h3-4,9,20H,5-8,10-12H2,1-2H3,(H,21,23);1H. The molecule has 1 atom stereocenters. The lowest BCUT2D eigenvalue weighted by Crippen LogP contribution is -2.41. The summed E-state index contributed by atoms with van der Waals surface area (Å²) in [7, 11) is 0. The van der Waals surface area contributed by atoms with E-state index in [2.05, 4.69) is 22.5 Å². The number of hydrogen-bond acceptors (Lipinski definition) is 3. The minimum Gasteiger partial charge on any atom is -0.355 e. The molecule has 136 valence electrons. The van der Waals surface area contributed by atoms with E-state index < -0.39 is 0 Å². The molecule has 7 heteroatoms. The van der Waals surface area contributed by atoms with Gasteiger partial charge in [-0.2, -0.15) is 0 Å². The third-order valence-electron chi connectivity index (χ3n) is 4.27. The molecule has 1 aromatic carbocycles. The van der Waals surface area contributed by atoms with Crippen LogP contribution in [0.4, 0.5) is 0 Å². The molecule has 1 heterocycles. The number of benzene rings is 1. The highest BCUT2D eigenvalue weighted by molar-refractivity contribution is 6.35. The molecular formula is C17H26Cl3N3O. The molecule has 0 radical (unpaired) electrons. The molecular weight excluding hydrogens is 369 g/mol. The zero-order chi connectivity index (χ0) is 16.9. The van der Waals surface area contributed by atoms with Crippen molar-refractivity contribution in [1.82, 2.24) is 15.5 Å². The van der Waals surface area contributed by atoms with Crippen LogP contribution in [0.1, 0.15) is 25.8 Å². The van der Waals surface area contributed by atoms with Crippen LogP contribution in [-0.4, -0.2) is 43.5 Å². The summed E-state index contributed by atoms with van der Waals surface area (Å²) >= 11 is 12.3. The average Bonchev–Trinajstić information content (AvgIpc) is 2.88. The molecule has 1 aliphatic rings. The largest absolute Gasteiger partial charge is 0.355 e. The van der Waals surface area contributed by atoms with Crippen molar-refractivity contribution < 1.29 is 4.79 Å². The Hall–Kier alpha value is -0.520. The summed E-state index contributed by atoms with van der Waals surface area (Å²) in [5.41, 5.74) is 1.32. The maximum atomic E-state index is 11.1. The van der Waals surface area contributed by atoms with Crippen molar-refractivity contribution in [3.8, 4) is 0 Å². The second-order valence-corrected chi connectivity index (χ2v) is 7.51. The minimum absolute atomic E-state index is 0. The number of rotatable bonds is 7. The number of halogens is 3. The Morgan fingerprint density at radius 1 is 1.42 bits per heavy atom. The topological polar surface area (TPSA) is 44.4 Å². The Kier molecular flexibility index (Phi) is 8.82. The molecule has 1 aromatic rings. The minimum atomic E-state index is 0. The van der Waals surface area contributed by atoms with Crippen LogP contribution in [0.5, 0.6) is 0 Å². The van der Waals surface area contributed by atoms with E-state index in [1.54, 1.807) is 13.0 Å². The Balaban J connectivity index is 0.00000288. The molecule has 1 amide bonds. The second kappa shape index (κ2) is 9.83. The highest BCUT2D eigenvalue weighted by Crippen LogP contribution is 2.28. The van der Waals surface area contributed by atoms with Gasteiger partial charge in [-0.15, -0.1) is 12.4 Å². The number of hydrogen-bond donors (Lipinski definition) is 2. The third kappa shape index (κ3) is 6.77. The number of carbonyl (C=O) groups excluding carboxylic acids is 1. The molecule has 1 unspecified atom stereocenters. The van der Waals surface area contributed by atoms with Gasteiger partial charge in [0.25, 0.3) is 0 Å². The smallest absolute Gasteiger partial charge is 0.216 e. The van der Waals surface area contributed by atoms with Crippen LogP contribution in [-0.2, 0) is 11.3 Å². The zero-order valence-corrected chi connectivity index (χ0v) is 16.5. The van der Waals surface area contributed by atoms with Gasteiger partial charge in [0, 0.05) is 49.7 Å². The first kappa shape index (κ1) is 21.5. The van der Waals surface area contributed by atoms with Gasteiger partial charge in [0.15, 0.2) is 0 Å². The maximum absolute atomic E-state index is 11.1. The molecule has 24 heavy (non-hydrogen) atoms. The van der Waals surface area contributed by atoms with Gasteiger partial charge in [-0.1, -0.05) is 36.2 Å². The lowest BCUT2D eigenvalue weighted by Gasteiger charge is -2.32. The van der Waals surface area contributed by atoms with E-state index in [4.69, 9.17) is 23.2 Å². The summed E-state index contributed by atoms with van der Waals surface area (Å²) in [6.07, 6.45) is 1.16. The summed E-state index contributed by atoms with van der Waals surface area (Å²) in [6, 6.07) is 5.63. The van der Waals surface area contributed by atoms with Crippen molar-refractivity contribution in [2.24, 2.45) is 5.41 Å². The predicted octanol–water partition coefficient (Wildman–Crippen LogP) is 3.35. The molecule has 0 bridgehead atoms. The van der Waals surface area contributed by atoms with E-state index in [0.29, 0.717) is 16.6 Å². The summed E-state index contributed by atoms with van der Waals surface area (Å²) < 4.78 is 0. The highest BCUT2D eigenvalue weighted by atomic mass is 35.5. The number of carbonyl (C=O) groups is 1. The van der Waals surface area contributed by atoms with Crippen molar-refractivity contribution >= 4 is 41.5 Å². The SMILES string of the molecule is CC(=O)NCCN(Cc1ccc(Cl)cc1Cl)CC1(C)CCNC1.Cl. The predicted molar refractivity (Wildman–Crippen MR) is 103 cm³/mol. The molecule has 0 saturated carbocycles. The Morgan fingerprint density at radius 3 is 2.75 bits per heavy atom. The van der Waals surface area contributed by atoms with Gasteiger partial charge in [-0.3, -0.25) is 9.69 Å². The molecule has 2 rings (SSSR count). The van der Waals surface area contributed by atoms with Gasteiger partial charge < -0.3 is 10.6 Å². The fraction of sp³-hybridized carbons (Fsp3) is 0.588. The number of nitrogens with one attached hydrogen (secondary N) is 2. The number of nitrogens with zero attached hydrogens (tertiary/aromatic N) is 1. The normalized spacial score (nSPS) is 20.0. The van der Waals surface area contributed by atoms with E-state index in [1.165, 1.54) is 0 Å². The van der Waals surface area contributed by atoms with E-state index >= 15 is 0 Å². The lowest BCUT2D eigenvalue weighted by atomic mass is 9.89. The van der Waals surface area contributed by atoms with Gasteiger partial charge >= 0.3 is 0 Å². The summed E-state index contributed by atoms with van der Waals surface area (Å²) in [5.74, 6) is 0.00298. The van der Waals surface area contributed by atoms with Gasteiger partial charge in [0.1, 0.15) is 0 Å². The first-order valence-corrected chi connectivity index (χ1v) is 8.75. The van der Waals surface area contributed by atoms with Crippen molar-refractivity contribution in [2.45, 2.75) is 26.8 Å². The fourth-order valence-electron chi connectivity index (χ4n) is 3.04. The second-order valence-electron chi connectivity index (χ2n) is 6.67. The average molecular weight is 395 g/mol. The Bertz CT molecular complexity index is 548. The molecule has 1 saturated heterocycles. The van der Waals surface area contributed by atoms with Crippen molar-refractivity contribution in [1.29, 1.82) is 0 Å². The Morgan fingerprint density at radius 2 is 2.17 bits per heavy atom. The fourth-order valence-corrected chi connectivity index (χ4v) is 3.51. The number of amides is 1. The molecule has 4 nitrogen and oxygen atoms in total. The summed E-state index contributed by atoms with van der Waals surface area (Å²) in [4.78, 5) is 13.5. The van der Waals surface area contributed by atoms with Gasteiger partial charge in [-0.05, 0) is 36.1 Å².